The second-order valence-electron chi connectivity index (χ2n) is 8.66. The molecule has 0 aromatic rings. The molecule has 4 bridgehead atoms. The van der Waals surface area contributed by atoms with E-state index in [1.54, 1.807) is 6.92 Å². The molecule has 0 aromatic heterocycles. The van der Waals surface area contributed by atoms with Gasteiger partial charge in [0.05, 0.1) is 5.92 Å². The van der Waals surface area contributed by atoms with Crippen molar-refractivity contribution in [2.45, 2.75) is 52.1 Å². The summed E-state index contributed by atoms with van der Waals surface area (Å²) in [7, 11) is 0. The molecule has 3 saturated carbocycles. The third kappa shape index (κ3) is 2.08. The number of allylic oxidation sites excluding steroid dienone is 2. The summed E-state index contributed by atoms with van der Waals surface area (Å²) < 4.78 is 5.74. The van der Waals surface area contributed by atoms with Gasteiger partial charge in [-0.2, -0.15) is 0 Å². The van der Waals surface area contributed by atoms with E-state index in [2.05, 4.69) is 12.2 Å². The van der Waals surface area contributed by atoms with Crippen molar-refractivity contribution in [1.29, 1.82) is 0 Å². The third-order valence-corrected chi connectivity index (χ3v) is 6.62. The van der Waals surface area contributed by atoms with Gasteiger partial charge in [-0.15, -0.1) is 0 Å². The molecule has 120 valence electrons. The summed E-state index contributed by atoms with van der Waals surface area (Å²) in [6.45, 7) is 5.25. The summed E-state index contributed by atoms with van der Waals surface area (Å²) in [6, 6.07) is 0. The number of ether oxygens (including phenoxy) is 1. The number of carbonyl (C=O) groups is 2. The number of fused-ring (bicyclic) bond motifs is 9. The minimum atomic E-state index is -0.668. The van der Waals surface area contributed by atoms with Gasteiger partial charge in [0.25, 0.3) is 0 Å². The van der Waals surface area contributed by atoms with Gasteiger partial charge >= 0.3 is 5.97 Å². The van der Waals surface area contributed by atoms with Crippen molar-refractivity contribution in [3.8, 4) is 0 Å². The van der Waals surface area contributed by atoms with E-state index in [4.69, 9.17) is 4.74 Å². The van der Waals surface area contributed by atoms with E-state index < -0.39 is 5.60 Å². The largest absolute Gasteiger partial charge is 0.459 e. The highest BCUT2D eigenvalue weighted by atomic mass is 16.6. The minimum absolute atomic E-state index is 0.0519. The summed E-state index contributed by atoms with van der Waals surface area (Å²) in [6.07, 6.45) is 8.68. The Bertz CT molecular complexity index is 547. The van der Waals surface area contributed by atoms with Gasteiger partial charge < -0.3 is 4.74 Å². The first-order chi connectivity index (χ1) is 10.4. The molecular formula is C19H26O3. The average Bonchev–Trinajstić information content (AvgIpc) is 3.14. The summed E-state index contributed by atoms with van der Waals surface area (Å²) >= 11 is 0. The second kappa shape index (κ2) is 4.69. The Labute approximate surface area is 132 Å². The minimum Gasteiger partial charge on any atom is -0.459 e. The highest BCUT2D eigenvalue weighted by Gasteiger charge is 2.62. The maximum Gasteiger partial charge on any atom is 0.309 e. The topological polar surface area (TPSA) is 43.4 Å². The Morgan fingerprint density at radius 3 is 2.45 bits per heavy atom. The van der Waals surface area contributed by atoms with Crippen LogP contribution >= 0.6 is 0 Å². The zero-order chi connectivity index (χ0) is 15.6. The van der Waals surface area contributed by atoms with Crippen LogP contribution in [-0.4, -0.2) is 17.4 Å². The first-order valence-electron chi connectivity index (χ1n) is 8.76. The molecule has 0 aromatic carbocycles. The van der Waals surface area contributed by atoms with Gasteiger partial charge in [-0.3, -0.25) is 9.59 Å². The highest BCUT2D eigenvalue weighted by molar-refractivity contribution is 5.78. The molecule has 0 radical (unpaired) electrons. The van der Waals surface area contributed by atoms with E-state index in [0.29, 0.717) is 18.3 Å². The lowest BCUT2D eigenvalue weighted by Crippen LogP contribution is -2.39. The van der Waals surface area contributed by atoms with Crippen LogP contribution in [0.2, 0.25) is 0 Å². The van der Waals surface area contributed by atoms with Gasteiger partial charge in [0.15, 0.2) is 0 Å². The van der Waals surface area contributed by atoms with Crippen LogP contribution in [0.1, 0.15) is 46.5 Å². The van der Waals surface area contributed by atoms with Gasteiger partial charge in [0.2, 0.25) is 0 Å². The predicted octanol–water partition coefficient (Wildman–Crippen LogP) is 3.38. The van der Waals surface area contributed by atoms with Gasteiger partial charge in [-0.1, -0.05) is 12.2 Å². The molecule has 0 saturated heterocycles. The standard InChI is InChI=1S/C19H26O3/c1-10(20)9-19(2,3)22-18(21)15-8-13-7-14(15)17-12-5-4-11(6-12)16(13)17/h4-5,11-17H,6-9H2,1-3H3. The number of esters is 1. The monoisotopic (exact) mass is 302 g/mol. The fraction of sp³-hybridized carbons (Fsp3) is 0.789. The van der Waals surface area contributed by atoms with E-state index >= 15 is 0 Å². The van der Waals surface area contributed by atoms with E-state index in [9.17, 15) is 9.59 Å². The van der Waals surface area contributed by atoms with Crippen LogP contribution in [0, 0.1) is 41.4 Å². The Kier molecular flexibility index (Phi) is 3.08. The van der Waals surface area contributed by atoms with Crippen LogP contribution in [0.5, 0.6) is 0 Å². The number of Topliss-reactive ketones (excluding diaryl/α,β-unsaturated/α-hetero) is 1. The van der Waals surface area contributed by atoms with E-state index in [1.807, 2.05) is 13.8 Å². The number of ketones is 1. The van der Waals surface area contributed by atoms with Crippen molar-refractivity contribution in [1.82, 2.24) is 0 Å². The van der Waals surface area contributed by atoms with Crippen molar-refractivity contribution in [3.63, 3.8) is 0 Å². The molecule has 0 aliphatic heterocycles. The van der Waals surface area contributed by atoms with Crippen molar-refractivity contribution in [2.75, 3.05) is 0 Å². The molecule has 7 atom stereocenters. The number of hydrogen-bond acceptors (Lipinski definition) is 3. The normalized spacial score (nSPS) is 44.4. The van der Waals surface area contributed by atoms with Crippen molar-refractivity contribution < 1.29 is 14.3 Å². The number of carbonyl (C=O) groups excluding carboxylic acids is 2. The molecular weight excluding hydrogens is 276 g/mol. The maximum absolute atomic E-state index is 12.7. The highest BCUT2D eigenvalue weighted by Crippen LogP contribution is 2.67. The molecule has 0 N–H and O–H groups in total. The zero-order valence-corrected chi connectivity index (χ0v) is 13.7. The quantitative estimate of drug-likeness (QED) is 0.454. The van der Waals surface area contributed by atoms with Gasteiger partial charge in [-0.25, -0.2) is 0 Å². The van der Waals surface area contributed by atoms with E-state index in [1.165, 1.54) is 12.8 Å². The Balaban J connectivity index is 1.46. The van der Waals surface area contributed by atoms with Crippen molar-refractivity contribution in [3.05, 3.63) is 12.2 Å². The summed E-state index contributed by atoms with van der Waals surface area (Å²) in [4.78, 5) is 24.0. The second-order valence-corrected chi connectivity index (χ2v) is 8.66. The fourth-order valence-electron chi connectivity index (χ4n) is 6.27. The molecule has 4 rings (SSSR count). The number of rotatable bonds is 4. The predicted molar refractivity (Wildman–Crippen MR) is 82.9 cm³/mol. The SMILES string of the molecule is CC(=O)CC(C)(C)OC(=O)C1CC2CC1C1C3C=CC(C3)C21. The van der Waals surface area contributed by atoms with Crippen molar-refractivity contribution >= 4 is 11.8 Å². The molecule has 0 spiro atoms. The smallest absolute Gasteiger partial charge is 0.309 e. The summed E-state index contributed by atoms with van der Waals surface area (Å²) in [5, 5.41) is 0. The molecule has 3 heteroatoms. The molecule has 4 aliphatic carbocycles. The lowest BCUT2D eigenvalue weighted by atomic mass is 9.69. The molecule has 0 heterocycles. The molecule has 22 heavy (non-hydrogen) atoms. The first-order valence-corrected chi connectivity index (χ1v) is 8.76. The van der Waals surface area contributed by atoms with Gasteiger partial charge in [0.1, 0.15) is 11.4 Å². The summed E-state index contributed by atoms with van der Waals surface area (Å²) in [5.41, 5.74) is -0.668. The molecule has 4 aliphatic rings. The third-order valence-electron chi connectivity index (χ3n) is 6.62. The molecule has 3 nitrogen and oxygen atoms in total. The lowest BCUT2D eigenvalue weighted by Gasteiger charge is -2.37. The van der Waals surface area contributed by atoms with E-state index in [0.717, 1.165) is 30.1 Å². The first kappa shape index (κ1) is 14.5. The van der Waals surface area contributed by atoms with Crippen LogP contribution in [-0.2, 0) is 14.3 Å². The maximum atomic E-state index is 12.7. The van der Waals surface area contributed by atoms with Gasteiger partial charge in [0, 0.05) is 6.42 Å². The molecule has 7 unspecified atom stereocenters. The van der Waals surface area contributed by atoms with Crippen LogP contribution in [0.4, 0.5) is 0 Å². The zero-order valence-electron chi connectivity index (χ0n) is 13.7. The van der Waals surface area contributed by atoms with Gasteiger partial charge in [-0.05, 0) is 75.5 Å². The molecule has 3 fully saturated rings. The van der Waals surface area contributed by atoms with Crippen LogP contribution in [0.25, 0.3) is 0 Å². The van der Waals surface area contributed by atoms with Crippen molar-refractivity contribution in [2.24, 2.45) is 41.4 Å². The lowest BCUT2D eigenvalue weighted by molar-refractivity contribution is -0.166. The Morgan fingerprint density at radius 1 is 1.09 bits per heavy atom. The number of hydrogen-bond donors (Lipinski definition) is 0. The Morgan fingerprint density at radius 2 is 1.77 bits per heavy atom. The van der Waals surface area contributed by atoms with E-state index in [-0.39, 0.29) is 17.7 Å². The molecule has 0 amide bonds. The van der Waals surface area contributed by atoms with Crippen LogP contribution in [0.3, 0.4) is 0 Å². The fourth-order valence-corrected chi connectivity index (χ4v) is 6.27. The van der Waals surface area contributed by atoms with Crippen LogP contribution < -0.4 is 0 Å². The average molecular weight is 302 g/mol. The summed E-state index contributed by atoms with van der Waals surface area (Å²) in [5.74, 6) is 4.41. The Hall–Kier alpha value is -1.12. The van der Waals surface area contributed by atoms with Crippen LogP contribution in [0.15, 0.2) is 12.2 Å².